The number of carboxylic acids is 1. The van der Waals surface area contributed by atoms with Crippen LogP contribution in [0.2, 0.25) is 0 Å². The molecule has 0 fully saturated rings. The van der Waals surface area contributed by atoms with Crippen molar-refractivity contribution in [2.24, 2.45) is 0 Å². The molecule has 0 saturated heterocycles. The summed E-state index contributed by atoms with van der Waals surface area (Å²) < 4.78 is 15.9. The van der Waals surface area contributed by atoms with Crippen LogP contribution >= 0.6 is 7.94 Å². The lowest BCUT2D eigenvalue weighted by molar-refractivity contribution is -0.140. The maximum Gasteiger partial charge on any atom is 0.426 e. The number of anilines is 1. The van der Waals surface area contributed by atoms with Crippen molar-refractivity contribution in [2.45, 2.75) is 50.9 Å². The molecule has 0 bridgehead atoms. The lowest BCUT2D eigenvalue weighted by Gasteiger charge is -2.19. The second kappa shape index (κ2) is 14.2. The van der Waals surface area contributed by atoms with Gasteiger partial charge < -0.3 is 20.1 Å². The van der Waals surface area contributed by atoms with Crippen LogP contribution in [0.4, 0.5) is 10.1 Å². The normalized spacial score (nSPS) is 13.0. The van der Waals surface area contributed by atoms with Crippen LogP contribution in [0.5, 0.6) is 0 Å². The Kier molecular flexibility index (Phi) is 10.6. The summed E-state index contributed by atoms with van der Waals surface area (Å²) in [4.78, 5) is 66.6. The van der Waals surface area contributed by atoms with Gasteiger partial charge in [-0.05, 0) is 59.9 Å². The highest BCUT2D eigenvalue weighted by molar-refractivity contribution is 7.61. The van der Waals surface area contributed by atoms with Crippen LogP contribution in [0.1, 0.15) is 48.7 Å². The number of nitrogens with one attached hydrogen (secondary N) is 1. The number of ketones is 1. The molecule has 0 aliphatic heterocycles. The molecule has 4 rings (SSSR count). The van der Waals surface area contributed by atoms with Crippen LogP contribution < -0.4 is 5.32 Å². The van der Waals surface area contributed by atoms with E-state index < -0.39 is 43.7 Å². The van der Waals surface area contributed by atoms with Gasteiger partial charge in [-0.25, -0.2) is 9.18 Å². The Hall–Kier alpha value is -4.25. The molecule has 12 heteroatoms. The minimum Gasteiger partial charge on any atom is -0.478 e. The maximum atomic E-state index is 14.1. The van der Waals surface area contributed by atoms with E-state index in [-0.39, 0.29) is 24.8 Å². The number of benzene rings is 3. The quantitative estimate of drug-likeness (QED) is 0.0854. The minimum absolute atomic E-state index is 0.0442. The maximum absolute atomic E-state index is 14.1. The summed E-state index contributed by atoms with van der Waals surface area (Å²) in [6.07, 6.45) is -2.31. The Morgan fingerprint density at radius 3 is 1.98 bits per heavy atom. The van der Waals surface area contributed by atoms with Gasteiger partial charge in [-0.1, -0.05) is 62.4 Å². The van der Waals surface area contributed by atoms with Crippen molar-refractivity contribution >= 4 is 31.3 Å². The number of amides is 1. The number of hydrogen-bond acceptors (Lipinski definition) is 7. The molecule has 1 aromatic heterocycles. The van der Waals surface area contributed by atoms with Crippen LogP contribution in [-0.4, -0.2) is 58.9 Å². The molecule has 0 spiro atoms. The van der Waals surface area contributed by atoms with Crippen LogP contribution in [0.25, 0.3) is 22.4 Å². The van der Waals surface area contributed by atoms with Crippen molar-refractivity contribution in [2.75, 3.05) is 5.32 Å². The molecule has 0 aliphatic carbocycles. The van der Waals surface area contributed by atoms with Gasteiger partial charge in [-0.2, -0.15) is 14.7 Å². The number of rotatable bonds is 13. The standard InChI is InChI=1S/C33H34FN2O8P/c1-20(2)29-28(32(39)35-24-11-7-4-8-12-24)27(21-9-5-3-6-10-21)30(22-13-15-23(34)16-14-22)36(29)18-17-25(37)19-26(38)31(33(40)41)45(42,43)44/h3-16,20,25,31,37,42-44H,17-19H2,1-2H3,(H-,35,39,40,41)/p+1/t25-,31?/m1/s1. The third kappa shape index (κ3) is 7.89. The first-order valence-corrected chi connectivity index (χ1v) is 16.0. The van der Waals surface area contributed by atoms with E-state index in [0.29, 0.717) is 39.3 Å². The van der Waals surface area contributed by atoms with E-state index >= 15 is 0 Å². The van der Waals surface area contributed by atoms with Gasteiger partial charge in [0, 0.05) is 29.9 Å². The van der Waals surface area contributed by atoms with E-state index in [0.717, 1.165) is 0 Å². The zero-order valence-corrected chi connectivity index (χ0v) is 25.6. The molecule has 3 aromatic carbocycles. The van der Waals surface area contributed by atoms with Crippen LogP contribution in [-0.2, 0) is 16.1 Å². The summed E-state index contributed by atoms with van der Waals surface area (Å²) in [5.41, 5.74) is 1.51. The fourth-order valence-electron chi connectivity index (χ4n) is 5.41. The van der Waals surface area contributed by atoms with E-state index in [2.05, 4.69) is 5.32 Å². The predicted octanol–water partition coefficient (Wildman–Crippen LogP) is 5.24. The molecule has 6 N–H and O–H groups in total. The zero-order chi connectivity index (χ0) is 32.9. The average Bonchev–Trinajstić information content (AvgIpc) is 3.32. The number of aromatic nitrogens is 1. The molecule has 45 heavy (non-hydrogen) atoms. The molecule has 1 amide bonds. The molecule has 0 radical (unpaired) electrons. The molecule has 1 unspecified atom stereocenters. The summed E-state index contributed by atoms with van der Waals surface area (Å²) in [6.45, 7) is 3.85. The summed E-state index contributed by atoms with van der Waals surface area (Å²) >= 11 is 0. The molecule has 0 aliphatic rings. The summed E-state index contributed by atoms with van der Waals surface area (Å²) in [6, 6.07) is 23.9. The van der Waals surface area contributed by atoms with Gasteiger partial charge >= 0.3 is 19.6 Å². The number of nitrogens with zero attached hydrogens (tertiary/aromatic N) is 1. The predicted molar refractivity (Wildman–Crippen MR) is 169 cm³/mol. The van der Waals surface area contributed by atoms with E-state index in [4.69, 9.17) is 0 Å². The van der Waals surface area contributed by atoms with Gasteiger partial charge in [0.15, 0.2) is 5.78 Å². The average molecular weight is 638 g/mol. The minimum atomic E-state index is -5.06. The molecular weight excluding hydrogens is 602 g/mol. The number of aliphatic hydroxyl groups is 1. The van der Waals surface area contributed by atoms with Crippen LogP contribution in [0, 0.1) is 5.82 Å². The molecule has 2 atom stereocenters. The number of hydrogen-bond donors (Lipinski definition) is 6. The Morgan fingerprint density at radius 1 is 0.867 bits per heavy atom. The van der Waals surface area contributed by atoms with Gasteiger partial charge in [0.05, 0.1) is 17.4 Å². The highest BCUT2D eigenvalue weighted by Gasteiger charge is 2.53. The van der Waals surface area contributed by atoms with Crippen molar-refractivity contribution in [3.05, 3.63) is 102 Å². The zero-order valence-electron chi connectivity index (χ0n) is 24.7. The summed E-state index contributed by atoms with van der Waals surface area (Å²) in [5.74, 6) is -4.24. The number of carboxylic acid groups (broad SMARTS) is 1. The smallest absolute Gasteiger partial charge is 0.426 e. The Morgan fingerprint density at radius 2 is 1.44 bits per heavy atom. The van der Waals surface area contributed by atoms with E-state index in [9.17, 15) is 43.7 Å². The first-order chi connectivity index (χ1) is 21.3. The van der Waals surface area contributed by atoms with E-state index in [1.807, 2.05) is 54.8 Å². The van der Waals surface area contributed by atoms with E-state index in [1.54, 1.807) is 36.4 Å². The fourth-order valence-corrected chi connectivity index (χ4v) is 6.20. The molecule has 0 saturated carbocycles. The summed E-state index contributed by atoms with van der Waals surface area (Å²) in [5, 5.41) is 23.0. The molecule has 4 aromatic rings. The van der Waals surface area contributed by atoms with Gasteiger partial charge in [-0.3, -0.25) is 9.59 Å². The van der Waals surface area contributed by atoms with Crippen molar-refractivity contribution in [1.29, 1.82) is 0 Å². The third-order valence-electron chi connectivity index (χ3n) is 7.30. The third-order valence-corrected chi connectivity index (χ3v) is 8.50. The first-order valence-electron chi connectivity index (χ1n) is 14.2. The highest BCUT2D eigenvalue weighted by Crippen LogP contribution is 2.51. The lowest BCUT2D eigenvalue weighted by atomic mass is 9.94. The number of carbonyl (C=O) groups is 3. The number of Topliss-reactive ketones (excluding diaryl/α,β-unsaturated/α-hetero) is 1. The second-order valence-corrected chi connectivity index (χ2v) is 12.7. The van der Waals surface area contributed by atoms with Crippen LogP contribution in [0.3, 0.4) is 0 Å². The van der Waals surface area contributed by atoms with Crippen molar-refractivity contribution < 1.29 is 43.7 Å². The number of halogens is 1. The van der Waals surface area contributed by atoms with Gasteiger partial charge in [0.1, 0.15) is 5.82 Å². The van der Waals surface area contributed by atoms with Crippen molar-refractivity contribution in [3.8, 4) is 22.4 Å². The lowest BCUT2D eigenvalue weighted by Crippen LogP contribution is -2.34. The van der Waals surface area contributed by atoms with Crippen molar-refractivity contribution in [1.82, 2.24) is 4.57 Å². The molecule has 10 nitrogen and oxygen atoms in total. The van der Waals surface area contributed by atoms with Crippen molar-refractivity contribution in [3.63, 3.8) is 0 Å². The Balaban J connectivity index is 1.86. The monoisotopic (exact) mass is 637 g/mol. The first kappa shape index (κ1) is 33.6. The number of aliphatic carboxylic acids is 1. The largest absolute Gasteiger partial charge is 0.478 e. The topological polar surface area (TPSA) is 169 Å². The molecule has 1 heterocycles. The van der Waals surface area contributed by atoms with Gasteiger partial charge in [0.25, 0.3) is 5.91 Å². The number of aliphatic hydroxyl groups excluding tert-OH is 1. The molecular formula is C33H35FN2O8P+. The number of carbonyl (C=O) groups excluding carboxylic acids is 2. The number of para-hydroxylation sites is 1. The van der Waals surface area contributed by atoms with Gasteiger partial charge in [0.2, 0.25) is 0 Å². The van der Waals surface area contributed by atoms with Gasteiger partial charge in [-0.15, -0.1) is 0 Å². The Bertz CT molecular complexity index is 1650. The van der Waals surface area contributed by atoms with E-state index in [1.165, 1.54) is 12.1 Å². The molecule has 236 valence electrons. The highest BCUT2D eigenvalue weighted by atomic mass is 31.2. The second-order valence-electron chi connectivity index (χ2n) is 11.0. The summed E-state index contributed by atoms with van der Waals surface area (Å²) in [7, 11) is -5.06. The fraction of sp³-hybridized carbons (Fsp3) is 0.242. The van der Waals surface area contributed by atoms with Crippen LogP contribution in [0.15, 0.2) is 84.9 Å². The SMILES string of the molecule is CC(C)c1c(C(=O)Nc2ccccc2)c(-c2ccccc2)c(-c2ccc(F)cc2)n1CC[C@@H](O)CC(=O)C(C(=O)O)[P+](O)(O)O. The Labute approximate surface area is 260 Å².